The van der Waals surface area contributed by atoms with E-state index in [0.29, 0.717) is 5.75 Å². The van der Waals surface area contributed by atoms with Gasteiger partial charge in [-0.3, -0.25) is 4.79 Å². The third-order valence-electron chi connectivity index (χ3n) is 2.91. The number of hydrogen-bond acceptors (Lipinski definition) is 4. The molecule has 0 aliphatic rings. The molecule has 2 aromatic rings. The molecular formula is C14H18N4OS. The van der Waals surface area contributed by atoms with E-state index in [1.54, 1.807) is 0 Å². The lowest BCUT2D eigenvalue weighted by Gasteiger charge is -2.05. The molecule has 0 unspecified atom stereocenters. The standard InChI is InChI=1S/C14H18N4OS/c1-4-12-16-17-14(18(12)3)20-9-13(19)15-11-7-5-10(2)6-8-11/h5-8H,4,9H2,1-3H3,(H,15,19). The normalized spacial score (nSPS) is 10.6. The SMILES string of the molecule is CCc1nnc(SCC(=O)Nc2ccc(C)cc2)n1C. The van der Waals surface area contributed by atoms with Gasteiger partial charge in [-0.1, -0.05) is 36.4 Å². The molecule has 0 fully saturated rings. The minimum absolute atomic E-state index is 0.0418. The van der Waals surface area contributed by atoms with Crippen LogP contribution in [0.2, 0.25) is 0 Å². The number of nitrogens with zero attached hydrogens (tertiary/aromatic N) is 3. The molecule has 2 rings (SSSR count). The Morgan fingerprint density at radius 1 is 1.30 bits per heavy atom. The molecular weight excluding hydrogens is 272 g/mol. The Morgan fingerprint density at radius 3 is 2.60 bits per heavy atom. The second-order valence-electron chi connectivity index (χ2n) is 4.51. The molecule has 0 bridgehead atoms. The Labute approximate surface area is 122 Å². The predicted molar refractivity (Wildman–Crippen MR) is 80.9 cm³/mol. The van der Waals surface area contributed by atoms with Crippen LogP contribution in [0, 0.1) is 6.92 Å². The largest absolute Gasteiger partial charge is 0.325 e. The van der Waals surface area contributed by atoms with Crippen molar-refractivity contribution in [3.8, 4) is 0 Å². The van der Waals surface area contributed by atoms with E-state index >= 15 is 0 Å². The molecule has 0 aliphatic carbocycles. The number of anilines is 1. The molecule has 1 aromatic carbocycles. The maximum atomic E-state index is 11.9. The van der Waals surface area contributed by atoms with Crippen LogP contribution in [-0.2, 0) is 18.3 Å². The highest BCUT2D eigenvalue weighted by Crippen LogP contribution is 2.16. The van der Waals surface area contributed by atoms with Gasteiger partial charge >= 0.3 is 0 Å². The van der Waals surface area contributed by atoms with E-state index in [9.17, 15) is 4.79 Å². The summed E-state index contributed by atoms with van der Waals surface area (Å²) in [5, 5.41) is 11.8. The van der Waals surface area contributed by atoms with E-state index in [1.807, 2.05) is 49.7 Å². The molecule has 0 spiro atoms. The highest BCUT2D eigenvalue weighted by molar-refractivity contribution is 7.99. The van der Waals surface area contributed by atoms with E-state index in [1.165, 1.54) is 17.3 Å². The molecule has 0 saturated carbocycles. The number of thioether (sulfide) groups is 1. The molecule has 1 aromatic heterocycles. The van der Waals surface area contributed by atoms with Gasteiger partial charge in [-0.15, -0.1) is 10.2 Å². The van der Waals surface area contributed by atoms with Crippen molar-refractivity contribution in [3.63, 3.8) is 0 Å². The lowest BCUT2D eigenvalue weighted by molar-refractivity contribution is -0.113. The topological polar surface area (TPSA) is 59.8 Å². The fourth-order valence-corrected chi connectivity index (χ4v) is 2.47. The third kappa shape index (κ3) is 3.60. The number of hydrogen-bond donors (Lipinski definition) is 1. The summed E-state index contributed by atoms with van der Waals surface area (Å²) < 4.78 is 1.92. The number of carbonyl (C=O) groups excluding carboxylic acids is 1. The first-order valence-electron chi connectivity index (χ1n) is 6.47. The molecule has 0 atom stereocenters. The summed E-state index contributed by atoms with van der Waals surface area (Å²) in [6.45, 7) is 4.05. The van der Waals surface area contributed by atoms with Crippen molar-refractivity contribution in [2.45, 2.75) is 25.4 Å². The van der Waals surface area contributed by atoms with Crippen LogP contribution in [-0.4, -0.2) is 26.4 Å². The Kier molecular flexibility index (Phi) is 4.79. The van der Waals surface area contributed by atoms with Crippen LogP contribution >= 0.6 is 11.8 Å². The fraction of sp³-hybridized carbons (Fsp3) is 0.357. The molecule has 6 heteroatoms. The Bertz CT molecular complexity index is 592. The van der Waals surface area contributed by atoms with Crippen molar-refractivity contribution >= 4 is 23.4 Å². The number of aromatic nitrogens is 3. The van der Waals surface area contributed by atoms with Crippen LogP contribution in [0.15, 0.2) is 29.4 Å². The minimum Gasteiger partial charge on any atom is -0.325 e. The van der Waals surface area contributed by atoms with Gasteiger partial charge in [0, 0.05) is 19.2 Å². The van der Waals surface area contributed by atoms with Crippen molar-refractivity contribution in [1.82, 2.24) is 14.8 Å². The number of nitrogens with one attached hydrogen (secondary N) is 1. The first kappa shape index (κ1) is 14.6. The van der Waals surface area contributed by atoms with Gasteiger partial charge in [0.25, 0.3) is 0 Å². The summed E-state index contributed by atoms with van der Waals surface area (Å²) in [6, 6.07) is 7.74. The maximum Gasteiger partial charge on any atom is 0.234 e. The summed E-state index contributed by atoms with van der Waals surface area (Å²) in [7, 11) is 1.92. The lowest BCUT2D eigenvalue weighted by Crippen LogP contribution is -2.14. The number of carbonyl (C=O) groups is 1. The maximum absolute atomic E-state index is 11.9. The van der Waals surface area contributed by atoms with Crippen LogP contribution < -0.4 is 5.32 Å². The fourth-order valence-electron chi connectivity index (χ4n) is 1.74. The predicted octanol–water partition coefficient (Wildman–Crippen LogP) is 2.42. The van der Waals surface area contributed by atoms with E-state index in [0.717, 1.165) is 23.1 Å². The zero-order valence-corrected chi connectivity index (χ0v) is 12.7. The van der Waals surface area contributed by atoms with Crippen LogP contribution in [0.25, 0.3) is 0 Å². The summed E-state index contributed by atoms with van der Waals surface area (Å²) in [5.41, 5.74) is 1.98. The van der Waals surface area contributed by atoms with E-state index in [2.05, 4.69) is 15.5 Å². The Morgan fingerprint density at radius 2 is 2.00 bits per heavy atom. The van der Waals surface area contributed by atoms with Crippen LogP contribution in [0.5, 0.6) is 0 Å². The van der Waals surface area contributed by atoms with Crippen LogP contribution in [0.4, 0.5) is 5.69 Å². The van der Waals surface area contributed by atoms with Crippen molar-refractivity contribution in [3.05, 3.63) is 35.7 Å². The van der Waals surface area contributed by atoms with Gasteiger partial charge in [0.15, 0.2) is 5.16 Å². The van der Waals surface area contributed by atoms with E-state index < -0.39 is 0 Å². The summed E-state index contributed by atoms with van der Waals surface area (Å²) in [6.07, 6.45) is 0.833. The van der Waals surface area contributed by atoms with Crippen LogP contribution in [0.1, 0.15) is 18.3 Å². The number of rotatable bonds is 5. The smallest absolute Gasteiger partial charge is 0.234 e. The summed E-state index contributed by atoms with van der Waals surface area (Å²) in [4.78, 5) is 11.9. The van der Waals surface area contributed by atoms with Gasteiger partial charge in [-0.2, -0.15) is 0 Å². The first-order valence-corrected chi connectivity index (χ1v) is 7.46. The molecule has 0 aliphatic heterocycles. The number of benzene rings is 1. The summed E-state index contributed by atoms with van der Waals surface area (Å²) in [5.74, 6) is 1.20. The monoisotopic (exact) mass is 290 g/mol. The van der Waals surface area contributed by atoms with Crippen molar-refractivity contribution < 1.29 is 4.79 Å². The third-order valence-corrected chi connectivity index (χ3v) is 3.93. The average molecular weight is 290 g/mol. The number of aryl methyl sites for hydroxylation is 2. The van der Waals surface area contributed by atoms with Gasteiger partial charge < -0.3 is 9.88 Å². The van der Waals surface area contributed by atoms with E-state index in [4.69, 9.17) is 0 Å². The highest BCUT2D eigenvalue weighted by atomic mass is 32.2. The zero-order valence-electron chi connectivity index (χ0n) is 11.9. The quantitative estimate of drug-likeness (QED) is 0.859. The molecule has 1 heterocycles. The van der Waals surface area contributed by atoms with Gasteiger partial charge in [0.1, 0.15) is 5.82 Å². The lowest BCUT2D eigenvalue weighted by atomic mass is 10.2. The molecule has 0 saturated heterocycles. The van der Waals surface area contributed by atoms with E-state index in [-0.39, 0.29) is 5.91 Å². The van der Waals surface area contributed by atoms with Gasteiger partial charge in [0.05, 0.1) is 5.75 Å². The highest BCUT2D eigenvalue weighted by Gasteiger charge is 2.10. The van der Waals surface area contributed by atoms with Gasteiger partial charge in [-0.25, -0.2) is 0 Å². The molecule has 0 radical (unpaired) electrons. The van der Waals surface area contributed by atoms with Crippen molar-refractivity contribution in [2.24, 2.45) is 7.05 Å². The molecule has 1 amide bonds. The molecule has 106 valence electrons. The Balaban J connectivity index is 1.88. The van der Waals surface area contributed by atoms with Gasteiger partial charge in [0.2, 0.25) is 5.91 Å². The van der Waals surface area contributed by atoms with Crippen molar-refractivity contribution in [1.29, 1.82) is 0 Å². The van der Waals surface area contributed by atoms with Crippen LogP contribution in [0.3, 0.4) is 0 Å². The molecule has 20 heavy (non-hydrogen) atoms. The first-order chi connectivity index (χ1) is 9.60. The van der Waals surface area contributed by atoms with Gasteiger partial charge in [-0.05, 0) is 19.1 Å². The second kappa shape index (κ2) is 6.56. The minimum atomic E-state index is -0.0418. The molecule has 5 nitrogen and oxygen atoms in total. The second-order valence-corrected chi connectivity index (χ2v) is 5.46. The Hall–Kier alpha value is -1.82. The summed E-state index contributed by atoms with van der Waals surface area (Å²) >= 11 is 1.39. The number of amides is 1. The zero-order chi connectivity index (χ0) is 14.5. The van der Waals surface area contributed by atoms with Crippen molar-refractivity contribution in [2.75, 3.05) is 11.1 Å². The average Bonchev–Trinajstić information content (AvgIpc) is 2.79. The molecule has 1 N–H and O–H groups in total.